The molecule has 0 spiro atoms. The average Bonchev–Trinajstić information content (AvgIpc) is 2.58. The van der Waals surface area contributed by atoms with Crippen LogP contribution in [-0.4, -0.2) is 35.8 Å². The quantitative estimate of drug-likeness (QED) is 0.671. The molecule has 2 unspecified atom stereocenters. The zero-order valence-electron chi connectivity index (χ0n) is 8.77. The number of nitrogens with two attached hydrogens (primary N) is 1. The van der Waals surface area contributed by atoms with Gasteiger partial charge in [-0.05, 0) is 26.7 Å². The molecule has 4 atom stereocenters. The van der Waals surface area contributed by atoms with E-state index in [1.165, 1.54) is 0 Å². The van der Waals surface area contributed by atoms with E-state index in [0.29, 0.717) is 6.54 Å². The Morgan fingerprint density at radius 3 is 2.79 bits per heavy atom. The molecule has 14 heavy (non-hydrogen) atoms. The SMILES string of the molecule is CC1(C)OC2CC[C@@H](C(O)CN)[C@H]2O1. The fourth-order valence-corrected chi connectivity index (χ4v) is 2.56. The maximum Gasteiger partial charge on any atom is 0.163 e. The second kappa shape index (κ2) is 3.45. The topological polar surface area (TPSA) is 64.7 Å². The maximum atomic E-state index is 9.71. The lowest BCUT2D eigenvalue weighted by molar-refractivity contribution is -0.160. The molecule has 4 nitrogen and oxygen atoms in total. The number of aliphatic hydroxyl groups excluding tert-OH is 1. The van der Waals surface area contributed by atoms with Crippen LogP contribution in [0.15, 0.2) is 0 Å². The Kier molecular flexibility index (Phi) is 2.55. The molecule has 2 rings (SSSR count). The van der Waals surface area contributed by atoms with Crippen molar-refractivity contribution in [3.63, 3.8) is 0 Å². The summed E-state index contributed by atoms with van der Waals surface area (Å²) in [6.45, 7) is 4.13. The minimum atomic E-state index is -0.498. The van der Waals surface area contributed by atoms with E-state index in [0.717, 1.165) is 12.8 Å². The number of fused-ring (bicyclic) bond motifs is 1. The van der Waals surface area contributed by atoms with E-state index in [-0.39, 0.29) is 18.1 Å². The molecular weight excluding hydrogens is 182 g/mol. The fraction of sp³-hybridized carbons (Fsp3) is 1.00. The third-order valence-electron chi connectivity index (χ3n) is 3.16. The van der Waals surface area contributed by atoms with Gasteiger partial charge in [-0.15, -0.1) is 0 Å². The normalized spacial score (nSPS) is 42.4. The van der Waals surface area contributed by atoms with Gasteiger partial charge < -0.3 is 20.3 Å². The van der Waals surface area contributed by atoms with E-state index in [1.807, 2.05) is 13.8 Å². The summed E-state index contributed by atoms with van der Waals surface area (Å²) in [7, 11) is 0. The molecule has 1 heterocycles. The molecule has 2 fully saturated rings. The van der Waals surface area contributed by atoms with Crippen molar-refractivity contribution in [1.29, 1.82) is 0 Å². The molecule has 0 bridgehead atoms. The van der Waals surface area contributed by atoms with Gasteiger partial charge >= 0.3 is 0 Å². The molecule has 4 heteroatoms. The molecule has 0 amide bonds. The molecule has 1 saturated carbocycles. The predicted molar refractivity (Wildman–Crippen MR) is 51.6 cm³/mol. The largest absolute Gasteiger partial charge is 0.391 e. The van der Waals surface area contributed by atoms with Crippen LogP contribution in [0.4, 0.5) is 0 Å². The zero-order chi connectivity index (χ0) is 10.3. The van der Waals surface area contributed by atoms with Gasteiger partial charge in [-0.25, -0.2) is 0 Å². The van der Waals surface area contributed by atoms with Crippen LogP contribution in [-0.2, 0) is 9.47 Å². The van der Waals surface area contributed by atoms with Crippen LogP contribution in [0.2, 0.25) is 0 Å². The third kappa shape index (κ3) is 1.67. The Balaban J connectivity index is 2.04. The predicted octanol–water partition coefficient (Wildman–Crippen LogP) is 0.236. The van der Waals surface area contributed by atoms with Gasteiger partial charge in [0.05, 0.1) is 18.3 Å². The van der Waals surface area contributed by atoms with Crippen molar-refractivity contribution >= 4 is 0 Å². The van der Waals surface area contributed by atoms with Gasteiger partial charge in [-0.3, -0.25) is 0 Å². The molecule has 0 radical (unpaired) electrons. The summed E-state index contributed by atoms with van der Waals surface area (Å²) in [5, 5.41) is 9.71. The van der Waals surface area contributed by atoms with Gasteiger partial charge in [-0.2, -0.15) is 0 Å². The van der Waals surface area contributed by atoms with Crippen molar-refractivity contribution in [1.82, 2.24) is 0 Å². The zero-order valence-corrected chi connectivity index (χ0v) is 8.77. The molecular formula is C10H19NO3. The third-order valence-corrected chi connectivity index (χ3v) is 3.16. The summed E-state index contributed by atoms with van der Waals surface area (Å²) in [5.41, 5.74) is 5.46. The summed E-state index contributed by atoms with van der Waals surface area (Å²) >= 11 is 0. The molecule has 0 aromatic carbocycles. The van der Waals surface area contributed by atoms with Gasteiger partial charge in [0, 0.05) is 12.5 Å². The van der Waals surface area contributed by atoms with Crippen LogP contribution in [0.25, 0.3) is 0 Å². The monoisotopic (exact) mass is 201 g/mol. The van der Waals surface area contributed by atoms with E-state index in [2.05, 4.69) is 0 Å². The first kappa shape index (κ1) is 10.4. The van der Waals surface area contributed by atoms with Crippen molar-refractivity contribution in [3.05, 3.63) is 0 Å². The molecule has 1 aliphatic heterocycles. The van der Waals surface area contributed by atoms with Crippen molar-refractivity contribution in [3.8, 4) is 0 Å². The van der Waals surface area contributed by atoms with Crippen LogP contribution >= 0.6 is 0 Å². The second-order valence-corrected chi connectivity index (χ2v) is 4.68. The van der Waals surface area contributed by atoms with Crippen LogP contribution in [0.3, 0.4) is 0 Å². The number of ether oxygens (including phenoxy) is 2. The molecule has 3 N–H and O–H groups in total. The average molecular weight is 201 g/mol. The summed E-state index contributed by atoms with van der Waals surface area (Å²) in [5.74, 6) is -0.353. The standard InChI is InChI=1S/C10H19NO3/c1-10(2)13-8-4-3-6(7(12)5-11)9(8)14-10/h6-9,12H,3-5,11H2,1-2H3/t6-,7?,8?,9+/m0/s1. The number of aliphatic hydroxyl groups is 1. The van der Waals surface area contributed by atoms with Crippen LogP contribution in [0.1, 0.15) is 26.7 Å². The molecule has 0 aromatic heterocycles. The molecule has 2 aliphatic rings. The number of hydrogen-bond donors (Lipinski definition) is 2. The van der Waals surface area contributed by atoms with Crippen LogP contribution < -0.4 is 5.73 Å². The Bertz CT molecular complexity index is 219. The first-order valence-corrected chi connectivity index (χ1v) is 5.27. The fourth-order valence-electron chi connectivity index (χ4n) is 2.56. The van der Waals surface area contributed by atoms with Gasteiger partial charge in [0.2, 0.25) is 0 Å². The lowest BCUT2D eigenvalue weighted by Crippen LogP contribution is -2.37. The highest BCUT2D eigenvalue weighted by atomic mass is 16.8. The van der Waals surface area contributed by atoms with E-state index in [4.69, 9.17) is 15.2 Å². The van der Waals surface area contributed by atoms with Crippen molar-refractivity contribution in [2.24, 2.45) is 11.7 Å². The highest BCUT2D eigenvalue weighted by Gasteiger charge is 2.50. The van der Waals surface area contributed by atoms with Gasteiger partial charge in [0.15, 0.2) is 5.79 Å². The molecule has 1 saturated heterocycles. The first-order valence-electron chi connectivity index (χ1n) is 5.27. The van der Waals surface area contributed by atoms with Crippen molar-refractivity contribution in [2.45, 2.75) is 50.8 Å². The molecule has 0 aromatic rings. The Morgan fingerprint density at radius 2 is 2.14 bits per heavy atom. The smallest absolute Gasteiger partial charge is 0.163 e. The minimum absolute atomic E-state index is 0.0311. The summed E-state index contributed by atoms with van der Waals surface area (Å²) in [6, 6.07) is 0. The van der Waals surface area contributed by atoms with E-state index in [9.17, 15) is 5.11 Å². The maximum absolute atomic E-state index is 9.71. The Morgan fingerprint density at radius 1 is 1.43 bits per heavy atom. The van der Waals surface area contributed by atoms with E-state index in [1.54, 1.807) is 0 Å². The summed E-state index contributed by atoms with van der Waals surface area (Å²) < 4.78 is 11.5. The summed E-state index contributed by atoms with van der Waals surface area (Å²) in [4.78, 5) is 0. The van der Waals surface area contributed by atoms with Crippen LogP contribution in [0, 0.1) is 5.92 Å². The Labute approximate surface area is 84.4 Å². The van der Waals surface area contributed by atoms with E-state index < -0.39 is 11.9 Å². The highest BCUT2D eigenvalue weighted by Crippen LogP contribution is 2.42. The van der Waals surface area contributed by atoms with Crippen molar-refractivity contribution in [2.75, 3.05) is 6.54 Å². The summed E-state index contributed by atoms with van der Waals surface area (Å²) in [6.07, 6.45) is 1.64. The van der Waals surface area contributed by atoms with Gasteiger partial charge in [0.25, 0.3) is 0 Å². The van der Waals surface area contributed by atoms with Crippen molar-refractivity contribution < 1.29 is 14.6 Å². The van der Waals surface area contributed by atoms with Gasteiger partial charge in [-0.1, -0.05) is 0 Å². The van der Waals surface area contributed by atoms with Gasteiger partial charge in [0.1, 0.15) is 0 Å². The Hall–Kier alpha value is -0.160. The van der Waals surface area contributed by atoms with Crippen LogP contribution in [0.5, 0.6) is 0 Å². The lowest BCUT2D eigenvalue weighted by Gasteiger charge is -2.24. The molecule has 82 valence electrons. The number of rotatable bonds is 2. The molecule has 1 aliphatic carbocycles. The highest BCUT2D eigenvalue weighted by molar-refractivity contribution is 4.95. The second-order valence-electron chi connectivity index (χ2n) is 4.68. The first-order chi connectivity index (χ1) is 6.53. The lowest BCUT2D eigenvalue weighted by atomic mass is 9.98. The van der Waals surface area contributed by atoms with E-state index >= 15 is 0 Å². The number of hydrogen-bond acceptors (Lipinski definition) is 4. The minimum Gasteiger partial charge on any atom is -0.391 e.